The Morgan fingerprint density at radius 2 is 2.00 bits per heavy atom. The van der Waals surface area contributed by atoms with E-state index in [-0.39, 0.29) is 23.0 Å². The minimum absolute atomic E-state index is 0.0555. The Hall–Kier alpha value is -3.06. The van der Waals surface area contributed by atoms with E-state index in [2.05, 4.69) is 0 Å². The van der Waals surface area contributed by atoms with Gasteiger partial charge in [0.2, 0.25) is 11.2 Å². The maximum atomic E-state index is 11.6. The molecule has 2 aromatic rings. The molecule has 0 spiro atoms. The lowest BCUT2D eigenvalue weighted by atomic mass is 10.2. The molecular weight excluding hydrogens is 292 g/mol. The van der Waals surface area contributed by atoms with Crippen molar-refractivity contribution in [2.45, 2.75) is 6.61 Å². The van der Waals surface area contributed by atoms with Crippen LogP contribution in [0.3, 0.4) is 0 Å². The molecule has 1 heterocycles. The van der Waals surface area contributed by atoms with Crippen molar-refractivity contribution in [3.05, 3.63) is 58.2 Å². The van der Waals surface area contributed by atoms with Gasteiger partial charge >= 0.3 is 5.97 Å². The Morgan fingerprint density at radius 3 is 2.64 bits per heavy atom. The molecule has 114 valence electrons. The monoisotopic (exact) mass is 304 g/mol. The summed E-state index contributed by atoms with van der Waals surface area (Å²) in [5.74, 6) is -1.67. The molecule has 0 aliphatic carbocycles. The van der Waals surface area contributed by atoms with E-state index in [1.807, 2.05) is 0 Å². The van der Waals surface area contributed by atoms with Gasteiger partial charge in [0.25, 0.3) is 0 Å². The number of phenolic OH excluding ortho intramolecular Hbond substituents is 2. The molecule has 2 rings (SSSR count). The molecule has 0 saturated carbocycles. The topological polar surface area (TPSA) is 117 Å². The summed E-state index contributed by atoms with van der Waals surface area (Å²) in [5.41, 5.74) is -0.144. The lowest BCUT2D eigenvalue weighted by Gasteiger charge is -2.01. The summed E-state index contributed by atoms with van der Waals surface area (Å²) in [7, 11) is 0. The molecule has 0 unspecified atom stereocenters. The van der Waals surface area contributed by atoms with Gasteiger partial charge in [0, 0.05) is 12.1 Å². The Morgan fingerprint density at radius 1 is 1.23 bits per heavy atom. The third-order valence-corrected chi connectivity index (χ3v) is 2.63. The number of aromatic hydroxyl groups is 2. The summed E-state index contributed by atoms with van der Waals surface area (Å²) in [5, 5.41) is 27.3. The van der Waals surface area contributed by atoms with Gasteiger partial charge in [-0.1, -0.05) is 6.07 Å². The first-order valence-corrected chi connectivity index (χ1v) is 6.14. The largest absolute Gasteiger partial charge is 0.504 e. The fourth-order valence-corrected chi connectivity index (χ4v) is 1.55. The number of esters is 1. The average molecular weight is 304 g/mol. The maximum absolute atomic E-state index is 11.6. The van der Waals surface area contributed by atoms with Crippen LogP contribution in [-0.4, -0.2) is 21.3 Å². The number of aliphatic hydroxyl groups excluding tert-OH is 1. The first-order valence-electron chi connectivity index (χ1n) is 6.14. The first kappa shape index (κ1) is 15.3. The van der Waals surface area contributed by atoms with Crippen molar-refractivity contribution in [1.29, 1.82) is 0 Å². The van der Waals surface area contributed by atoms with Crippen molar-refractivity contribution < 1.29 is 29.3 Å². The third-order valence-electron chi connectivity index (χ3n) is 2.63. The van der Waals surface area contributed by atoms with Crippen LogP contribution < -0.4 is 10.2 Å². The van der Waals surface area contributed by atoms with Gasteiger partial charge < -0.3 is 24.5 Å². The van der Waals surface area contributed by atoms with E-state index < -0.39 is 18.0 Å². The van der Waals surface area contributed by atoms with E-state index in [1.54, 1.807) is 0 Å². The molecule has 22 heavy (non-hydrogen) atoms. The normalized spacial score (nSPS) is 10.8. The van der Waals surface area contributed by atoms with Gasteiger partial charge in [0.15, 0.2) is 11.5 Å². The molecule has 7 nitrogen and oxygen atoms in total. The molecule has 0 radical (unpaired) electrons. The van der Waals surface area contributed by atoms with Gasteiger partial charge in [-0.25, -0.2) is 4.79 Å². The maximum Gasteiger partial charge on any atom is 0.336 e. The average Bonchev–Trinajstić information content (AvgIpc) is 2.50. The van der Waals surface area contributed by atoms with Gasteiger partial charge in [0.1, 0.15) is 18.6 Å². The molecular formula is C15H12O7. The van der Waals surface area contributed by atoms with Crippen LogP contribution in [0.1, 0.15) is 11.3 Å². The highest BCUT2D eigenvalue weighted by atomic mass is 16.5. The van der Waals surface area contributed by atoms with E-state index in [1.165, 1.54) is 24.3 Å². The van der Waals surface area contributed by atoms with E-state index in [4.69, 9.17) is 19.4 Å². The van der Waals surface area contributed by atoms with Crippen LogP contribution in [0.4, 0.5) is 0 Å². The third kappa shape index (κ3) is 3.74. The first-order chi connectivity index (χ1) is 10.5. The van der Waals surface area contributed by atoms with E-state index in [0.29, 0.717) is 5.56 Å². The van der Waals surface area contributed by atoms with Crippen LogP contribution in [0.5, 0.6) is 17.2 Å². The van der Waals surface area contributed by atoms with Crippen molar-refractivity contribution in [3.8, 4) is 17.2 Å². The smallest absolute Gasteiger partial charge is 0.336 e. The van der Waals surface area contributed by atoms with Gasteiger partial charge in [0.05, 0.1) is 0 Å². The minimum atomic E-state index is -0.823. The molecule has 1 aromatic carbocycles. The van der Waals surface area contributed by atoms with Gasteiger partial charge in [-0.3, -0.25) is 4.79 Å². The predicted molar refractivity (Wildman–Crippen MR) is 75.3 cm³/mol. The number of rotatable bonds is 4. The quantitative estimate of drug-likeness (QED) is 0.441. The Labute approximate surface area is 124 Å². The summed E-state index contributed by atoms with van der Waals surface area (Å²) in [6.45, 7) is -0.437. The zero-order valence-electron chi connectivity index (χ0n) is 11.2. The van der Waals surface area contributed by atoms with Gasteiger partial charge in [-0.05, 0) is 23.8 Å². The zero-order valence-corrected chi connectivity index (χ0v) is 11.2. The van der Waals surface area contributed by atoms with Crippen molar-refractivity contribution in [2.75, 3.05) is 0 Å². The van der Waals surface area contributed by atoms with E-state index >= 15 is 0 Å². The molecule has 7 heteroatoms. The summed E-state index contributed by atoms with van der Waals surface area (Å²) >= 11 is 0. The second kappa shape index (κ2) is 6.59. The van der Waals surface area contributed by atoms with Crippen molar-refractivity contribution in [3.63, 3.8) is 0 Å². The molecule has 0 aliphatic heterocycles. The lowest BCUT2D eigenvalue weighted by molar-refractivity contribution is -0.129. The SMILES string of the molecule is O=C(/C=C/c1ccc(O)c(O)c1)Oc1coc(CO)cc1=O. The predicted octanol–water partition coefficient (Wildman–Crippen LogP) is 1.16. The molecule has 3 N–H and O–H groups in total. The molecule has 0 saturated heterocycles. The van der Waals surface area contributed by atoms with Crippen LogP contribution >= 0.6 is 0 Å². The van der Waals surface area contributed by atoms with Crippen LogP contribution in [-0.2, 0) is 11.4 Å². The number of benzene rings is 1. The summed E-state index contributed by atoms with van der Waals surface area (Å²) in [6.07, 6.45) is 3.32. The summed E-state index contributed by atoms with van der Waals surface area (Å²) < 4.78 is 9.66. The van der Waals surface area contributed by atoms with Crippen molar-refractivity contribution >= 4 is 12.0 Å². The minimum Gasteiger partial charge on any atom is -0.504 e. The molecule has 0 atom stereocenters. The number of hydrogen-bond acceptors (Lipinski definition) is 7. The molecule has 0 aliphatic rings. The summed E-state index contributed by atoms with van der Waals surface area (Å²) in [6, 6.07) is 5.01. The van der Waals surface area contributed by atoms with Crippen LogP contribution in [0.15, 0.2) is 45.8 Å². The molecule has 0 fully saturated rings. The van der Waals surface area contributed by atoms with Crippen LogP contribution in [0, 0.1) is 0 Å². The van der Waals surface area contributed by atoms with Crippen molar-refractivity contribution in [1.82, 2.24) is 0 Å². The Kier molecular flexibility index (Phi) is 4.60. The lowest BCUT2D eigenvalue weighted by Crippen LogP contribution is -2.12. The van der Waals surface area contributed by atoms with Gasteiger partial charge in [-0.2, -0.15) is 0 Å². The number of phenols is 2. The highest BCUT2D eigenvalue weighted by molar-refractivity contribution is 5.88. The number of ether oxygens (including phenoxy) is 1. The highest BCUT2D eigenvalue weighted by Crippen LogP contribution is 2.25. The number of aliphatic hydroxyl groups is 1. The van der Waals surface area contributed by atoms with E-state index in [9.17, 15) is 14.7 Å². The Bertz CT molecular complexity index is 774. The fraction of sp³-hybridized carbons (Fsp3) is 0.0667. The van der Waals surface area contributed by atoms with Crippen molar-refractivity contribution in [2.24, 2.45) is 0 Å². The molecule has 1 aromatic heterocycles. The molecule has 0 bridgehead atoms. The van der Waals surface area contributed by atoms with Crippen LogP contribution in [0.25, 0.3) is 6.08 Å². The van der Waals surface area contributed by atoms with Gasteiger partial charge in [-0.15, -0.1) is 0 Å². The number of hydrogen-bond donors (Lipinski definition) is 3. The summed E-state index contributed by atoms with van der Waals surface area (Å²) in [4.78, 5) is 23.2. The fourth-order valence-electron chi connectivity index (χ4n) is 1.55. The molecule has 0 amide bonds. The Balaban J connectivity index is 2.08. The van der Waals surface area contributed by atoms with Crippen LogP contribution in [0.2, 0.25) is 0 Å². The zero-order chi connectivity index (χ0) is 16.1. The second-order valence-electron chi connectivity index (χ2n) is 4.24. The second-order valence-corrected chi connectivity index (χ2v) is 4.24. The standard InChI is InChI=1S/C15H12O7/c16-7-10-6-13(19)14(8-21-10)22-15(20)4-2-9-1-3-11(17)12(18)5-9/h1-6,8,16-18H,7H2/b4-2+. The van der Waals surface area contributed by atoms with E-state index in [0.717, 1.165) is 18.4 Å². The number of carbonyl (C=O) groups excluding carboxylic acids is 1. The highest BCUT2D eigenvalue weighted by Gasteiger charge is 2.08. The number of carbonyl (C=O) groups is 1.